The van der Waals surface area contributed by atoms with Gasteiger partial charge in [-0.05, 0) is 43.3 Å². The molecule has 7 nitrogen and oxygen atoms in total. The summed E-state index contributed by atoms with van der Waals surface area (Å²) in [6.45, 7) is 2.28. The quantitative estimate of drug-likeness (QED) is 0.751. The molecule has 1 aromatic heterocycles. The molecule has 0 aliphatic heterocycles. The van der Waals surface area contributed by atoms with E-state index < -0.39 is 10.0 Å². The Labute approximate surface area is 141 Å². The molecule has 1 heterocycles. The first-order valence-electron chi connectivity index (χ1n) is 7.34. The van der Waals surface area contributed by atoms with Crippen molar-refractivity contribution in [3.63, 3.8) is 0 Å². The van der Waals surface area contributed by atoms with Crippen LogP contribution in [0.4, 0.5) is 0 Å². The van der Waals surface area contributed by atoms with E-state index in [1.165, 1.54) is 30.5 Å². The third-order valence-electron chi connectivity index (χ3n) is 3.24. The first-order valence-corrected chi connectivity index (χ1v) is 8.82. The van der Waals surface area contributed by atoms with E-state index in [-0.39, 0.29) is 23.4 Å². The molecule has 0 aliphatic rings. The maximum atomic E-state index is 12.2. The summed E-state index contributed by atoms with van der Waals surface area (Å²) in [7, 11) is -2.12. The van der Waals surface area contributed by atoms with E-state index in [0.29, 0.717) is 17.9 Å². The summed E-state index contributed by atoms with van der Waals surface area (Å²) in [6, 6.07) is 8.94. The first-order chi connectivity index (χ1) is 11.4. The zero-order chi connectivity index (χ0) is 17.6. The molecule has 1 atom stereocenters. The Balaban J connectivity index is 2.01. The fraction of sp³-hybridized carbons (Fsp3) is 0.312. The SMILES string of the molecule is COCC(C)NC(=O)c1ccc(S(=O)(=O)NCc2ccco2)cc1. The molecule has 2 rings (SSSR count). The van der Waals surface area contributed by atoms with E-state index in [2.05, 4.69) is 10.0 Å². The van der Waals surface area contributed by atoms with Crippen molar-refractivity contribution in [2.75, 3.05) is 13.7 Å². The van der Waals surface area contributed by atoms with Crippen molar-refractivity contribution in [2.24, 2.45) is 0 Å². The van der Waals surface area contributed by atoms with Crippen LogP contribution in [0.1, 0.15) is 23.0 Å². The number of methoxy groups -OCH3 is 1. The average Bonchev–Trinajstić information content (AvgIpc) is 3.07. The van der Waals surface area contributed by atoms with E-state index >= 15 is 0 Å². The van der Waals surface area contributed by atoms with E-state index in [9.17, 15) is 13.2 Å². The van der Waals surface area contributed by atoms with Crippen LogP contribution in [0.2, 0.25) is 0 Å². The molecule has 2 N–H and O–H groups in total. The second-order valence-electron chi connectivity index (χ2n) is 5.26. The van der Waals surface area contributed by atoms with Crippen LogP contribution in [0.15, 0.2) is 52.0 Å². The molecule has 1 aromatic carbocycles. The van der Waals surface area contributed by atoms with E-state index in [4.69, 9.17) is 9.15 Å². The maximum Gasteiger partial charge on any atom is 0.251 e. The second kappa shape index (κ2) is 8.09. The van der Waals surface area contributed by atoms with Crippen LogP contribution in [0.25, 0.3) is 0 Å². The molecule has 0 radical (unpaired) electrons. The summed E-state index contributed by atoms with van der Waals surface area (Å²) in [5.41, 5.74) is 0.378. The van der Waals surface area contributed by atoms with Crippen LogP contribution < -0.4 is 10.0 Å². The molecule has 0 fully saturated rings. The third-order valence-corrected chi connectivity index (χ3v) is 4.65. The summed E-state index contributed by atoms with van der Waals surface area (Å²) >= 11 is 0. The van der Waals surface area contributed by atoms with Gasteiger partial charge in [-0.25, -0.2) is 13.1 Å². The Morgan fingerprint density at radius 1 is 1.25 bits per heavy atom. The fourth-order valence-corrected chi connectivity index (χ4v) is 3.04. The Hall–Kier alpha value is -2.16. The molecule has 2 aromatic rings. The Bertz CT molecular complexity index is 754. The zero-order valence-electron chi connectivity index (χ0n) is 13.5. The summed E-state index contributed by atoms with van der Waals surface area (Å²) in [6.07, 6.45) is 1.47. The van der Waals surface area contributed by atoms with Crippen molar-refractivity contribution < 1.29 is 22.4 Å². The minimum absolute atomic E-state index is 0.0616. The lowest BCUT2D eigenvalue weighted by Gasteiger charge is -2.13. The fourth-order valence-electron chi connectivity index (χ4n) is 2.05. The molecule has 1 amide bonds. The number of carbonyl (C=O) groups excluding carboxylic acids is 1. The number of nitrogens with one attached hydrogen (secondary N) is 2. The smallest absolute Gasteiger partial charge is 0.251 e. The molecular weight excluding hydrogens is 332 g/mol. The second-order valence-corrected chi connectivity index (χ2v) is 7.03. The van der Waals surface area contributed by atoms with Gasteiger partial charge in [0.15, 0.2) is 0 Å². The van der Waals surface area contributed by atoms with Crippen LogP contribution in [-0.2, 0) is 21.3 Å². The lowest BCUT2D eigenvalue weighted by molar-refractivity contribution is 0.0905. The first kappa shape index (κ1) is 18.2. The maximum absolute atomic E-state index is 12.2. The van der Waals surface area contributed by atoms with Gasteiger partial charge in [-0.15, -0.1) is 0 Å². The summed E-state index contributed by atoms with van der Waals surface area (Å²) in [5.74, 6) is 0.230. The van der Waals surface area contributed by atoms with Crippen molar-refractivity contribution >= 4 is 15.9 Å². The predicted molar refractivity (Wildman–Crippen MR) is 88.0 cm³/mol. The van der Waals surface area contributed by atoms with Crippen LogP contribution >= 0.6 is 0 Å². The van der Waals surface area contributed by atoms with E-state index in [1.807, 2.05) is 6.92 Å². The highest BCUT2D eigenvalue weighted by atomic mass is 32.2. The summed E-state index contributed by atoms with van der Waals surface area (Å²) in [4.78, 5) is 12.1. The molecule has 130 valence electrons. The molecule has 0 aliphatic carbocycles. The number of sulfonamides is 1. The molecule has 0 bridgehead atoms. The van der Waals surface area contributed by atoms with Crippen molar-refractivity contribution in [2.45, 2.75) is 24.4 Å². The van der Waals surface area contributed by atoms with Gasteiger partial charge in [-0.3, -0.25) is 4.79 Å². The van der Waals surface area contributed by atoms with Crippen LogP contribution in [0, 0.1) is 0 Å². The van der Waals surface area contributed by atoms with E-state index in [0.717, 1.165) is 0 Å². The monoisotopic (exact) mass is 352 g/mol. The molecule has 1 unspecified atom stereocenters. The van der Waals surface area contributed by atoms with Gasteiger partial charge in [-0.1, -0.05) is 0 Å². The topological polar surface area (TPSA) is 97.6 Å². The lowest BCUT2D eigenvalue weighted by atomic mass is 10.2. The number of benzene rings is 1. The summed E-state index contributed by atoms with van der Waals surface area (Å²) in [5, 5.41) is 2.76. The molecule has 8 heteroatoms. The van der Waals surface area contributed by atoms with Gasteiger partial charge in [0.05, 0.1) is 24.3 Å². The Morgan fingerprint density at radius 3 is 2.54 bits per heavy atom. The zero-order valence-corrected chi connectivity index (χ0v) is 14.3. The highest BCUT2D eigenvalue weighted by Gasteiger charge is 2.16. The highest BCUT2D eigenvalue weighted by Crippen LogP contribution is 2.12. The standard InChI is InChI=1S/C16H20N2O5S/c1-12(11-22-2)18-16(19)13-5-7-15(8-6-13)24(20,21)17-10-14-4-3-9-23-14/h3-9,12,17H,10-11H2,1-2H3,(H,18,19). The van der Waals surface area contributed by atoms with Crippen molar-refractivity contribution in [3.05, 3.63) is 54.0 Å². The number of ether oxygens (including phenoxy) is 1. The number of carbonyl (C=O) groups is 1. The van der Waals surface area contributed by atoms with Crippen molar-refractivity contribution in [3.8, 4) is 0 Å². The number of amides is 1. The van der Waals surface area contributed by atoms with Gasteiger partial charge in [0.25, 0.3) is 5.91 Å². The lowest BCUT2D eigenvalue weighted by Crippen LogP contribution is -2.35. The third kappa shape index (κ3) is 4.92. The molecule has 0 spiro atoms. The number of rotatable bonds is 8. The largest absolute Gasteiger partial charge is 0.468 e. The number of hydrogen-bond acceptors (Lipinski definition) is 5. The van der Waals surface area contributed by atoms with Gasteiger partial charge in [0.2, 0.25) is 10.0 Å². The van der Waals surface area contributed by atoms with Gasteiger partial charge in [-0.2, -0.15) is 0 Å². The Kier molecular flexibility index (Phi) is 6.13. The highest BCUT2D eigenvalue weighted by molar-refractivity contribution is 7.89. The van der Waals surface area contributed by atoms with Crippen molar-refractivity contribution in [1.29, 1.82) is 0 Å². The van der Waals surface area contributed by atoms with Crippen molar-refractivity contribution in [1.82, 2.24) is 10.0 Å². The molecule has 0 saturated carbocycles. The van der Waals surface area contributed by atoms with E-state index in [1.54, 1.807) is 19.2 Å². The predicted octanol–water partition coefficient (Wildman–Crippen LogP) is 1.52. The minimum Gasteiger partial charge on any atom is -0.468 e. The Morgan fingerprint density at radius 2 is 1.96 bits per heavy atom. The van der Waals surface area contributed by atoms with Gasteiger partial charge in [0, 0.05) is 18.7 Å². The minimum atomic E-state index is -3.67. The van der Waals surface area contributed by atoms with Crippen LogP contribution in [0.5, 0.6) is 0 Å². The molecular formula is C16H20N2O5S. The van der Waals surface area contributed by atoms with Crippen LogP contribution in [-0.4, -0.2) is 34.1 Å². The van der Waals surface area contributed by atoms with Gasteiger partial charge in [0.1, 0.15) is 5.76 Å². The molecule has 24 heavy (non-hydrogen) atoms. The number of hydrogen-bond donors (Lipinski definition) is 2. The van der Waals surface area contributed by atoms with Gasteiger partial charge < -0.3 is 14.5 Å². The summed E-state index contributed by atoms with van der Waals surface area (Å²) < 4.78 is 36.9. The molecule has 0 saturated heterocycles. The number of furan rings is 1. The normalized spacial score (nSPS) is 12.8. The van der Waals surface area contributed by atoms with Crippen LogP contribution in [0.3, 0.4) is 0 Å². The average molecular weight is 352 g/mol. The van der Waals surface area contributed by atoms with Gasteiger partial charge >= 0.3 is 0 Å².